The van der Waals surface area contributed by atoms with E-state index in [1.165, 1.54) is 0 Å². The van der Waals surface area contributed by atoms with Gasteiger partial charge in [0.2, 0.25) is 0 Å². The molecule has 0 aromatic carbocycles. The van der Waals surface area contributed by atoms with Crippen molar-refractivity contribution in [2.45, 2.75) is 12.5 Å². The fraction of sp³-hybridized carbons (Fsp3) is 0.375. The lowest BCUT2D eigenvalue weighted by Crippen LogP contribution is -2.39. The summed E-state index contributed by atoms with van der Waals surface area (Å²) in [6.45, 7) is 1.52. The summed E-state index contributed by atoms with van der Waals surface area (Å²) < 4.78 is 5.27. The smallest absolute Gasteiger partial charge is 0.257 e. The van der Waals surface area contributed by atoms with Crippen LogP contribution in [0.15, 0.2) is 36.9 Å². The number of anilines is 1. The lowest BCUT2D eigenvalue weighted by molar-refractivity contribution is 0.0744. The van der Waals surface area contributed by atoms with Gasteiger partial charge in [0.15, 0.2) is 5.82 Å². The molecule has 1 fully saturated rings. The van der Waals surface area contributed by atoms with Crippen LogP contribution in [0, 0.1) is 0 Å². The monoisotopic (exact) mass is 313 g/mol. The molecule has 1 saturated heterocycles. The summed E-state index contributed by atoms with van der Waals surface area (Å²) in [6, 6.07) is 3.67. The van der Waals surface area contributed by atoms with Crippen LogP contribution in [0.4, 0.5) is 5.82 Å². The maximum Gasteiger partial charge on any atom is 0.257 e. The lowest BCUT2D eigenvalue weighted by Gasteiger charge is -2.25. The van der Waals surface area contributed by atoms with Crippen molar-refractivity contribution in [1.82, 2.24) is 19.9 Å². The fourth-order valence-corrected chi connectivity index (χ4v) is 2.79. The number of rotatable bonds is 4. The first-order chi connectivity index (χ1) is 11.2. The highest BCUT2D eigenvalue weighted by molar-refractivity contribution is 5.94. The predicted octanol–water partition coefficient (Wildman–Crippen LogP) is 1.23. The largest absolute Gasteiger partial charge is 0.478 e. The Balaban J connectivity index is 1.71. The Kier molecular flexibility index (Phi) is 4.36. The zero-order chi connectivity index (χ0) is 16.2. The second-order valence-corrected chi connectivity index (χ2v) is 5.44. The zero-order valence-corrected chi connectivity index (χ0v) is 13.2. The molecule has 2 aromatic heterocycles. The van der Waals surface area contributed by atoms with E-state index < -0.39 is 0 Å². The molecule has 0 bridgehead atoms. The van der Waals surface area contributed by atoms with Gasteiger partial charge in [-0.2, -0.15) is 0 Å². The highest BCUT2D eigenvalue weighted by atomic mass is 16.5. The van der Waals surface area contributed by atoms with Crippen LogP contribution < -0.4 is 9.64 Å². The summed E-state index contributed by atoms with van der Waals surface area (Å²) in [7, 11) is 3.41. The molecule has 3 rings (SSSR count). The number of ether oxygens (including phenoxy) is 1. The number of methoxy groups -OCH3 is 1. The van der Waals surface area contributed by atoms with Gasteiger partial charge in [-0.3, -0.25) is 9.78 Å². The third-order valence-corrected chi connectivity index (χ3v) is 4.08. The van der Waals surface area contributed by atoms with Crippen LogP contribution in [0.2, 0.25) is 0 Å². The van der Waals surface area contributed by atoms with E-state index in [4.69, 9.17) is 4.74 Å². The first kappa shape index (κ1) is 15.2. The number of hydrogen-bond donors (Lipinski definition) is 0. The molecule has 7 nitrogen and oxygen atoms in total. The van der Waals surface area contributed by atoms with E-state index >= 15 is 0 Å². The van der Waals surface area contributed by atoms with Crippen LogP contribution in [-0.2, 0) is 0 Å². The second kappa shape index (κ2) is 6.60. The van der Waals surface area contributed by atoms with Gasteiger partial charge >= 0.3 is 0 Å². The number of pyridine rings is 1. The maximum atomic E-state index is 12.5. The van der Waals surface area contributed by atoms with Crippen LogP contribution in [0.25, 0.3) is 0 Å². The molecule has 0 spiro atoms. The van der Waals surface area contributed by atoms with Crippen LogP contribution in [-0.4, -0.2) is 59.0 Å². The van der Waals surface area contributed by atoms with Gasteiger partial charge in [-0.05, 0) is 18.6 Å². The normalized spacial score (nSPS) is 17.1. The number of carbonyl (C=O) groups excluding carboxylic acids is 1. The van der Waals surface area contributed by atoms with Crippen molar-refractivity contribution >= 4 is 11.7 Å². The molecule has 0 N–H and O–H groups in total. The third-order valence-electron chi connectivity index (χ3n) is 4.08. The average Bonchev–Trinajstić information content (AvgIpc) is 3.11. The van der Waals surface area contributed by atoms with Crippen molar-refractivity contribution in [2.24, 2.45) is 0 Å². The second-order valence-electron chi connectivity index (χ2n) is 5.44. The van der Waals surface area contributed by atoms with E-state index in [0.29, 0.717) is 18.0 Å². The number of amides is 1. The van der Waals surface area contributed by atoms with Crippen molar-refractivity contribution in [3.63, 3.8) is 0 Å². The van der Waals surface area contributed by atoms with Gasteiger partial charge in [-0.1, -0.05) is 0 Å². The summed E-state index contributed by atoms with van der Waals surface area (Å²) >= 11 is 0. The molecule has 0 aliphatic carbocycles. The van der Waals surface area contributed by atoms with Gasteiger partial charge in [0.05, 0.1) is 18.7 Å². The van der Waals surface area contributed by atoms with Crippen molar-refractivity contribution in [2.75, 3.05) is 32.1 Å². The summed E-state index contributed by atoms with van der Waals surface area (Å²) in [6.07, 6.45) is 7.39. The minimum Gasteiger partial charge on any atom is -0.478 e. The van der Waals surface area contributed by atoms with E-state index in [2.05, 4.69) is 19.9 Å². The van der Waals surface area contributed by atoms with Gasteiger partial charge in [0.1, 0.15) is 0 Å². The molecule has 1 aliphatic rings. The Morgan fingerprint density at radius 2 is 2.17 bits per heavy atom. The molecule has 23 heavy (non-hydrogen) atoms. The minimum atomic E-state index is -0.0175. The number of aromatic nitrogens is 3. The Morgan fingerprint density at radius 3 is 2.91 bits per heavy atom. The molecule has 3 heterocycles. The van der Waals surface area contributed by atoms with E-state index in [0.717, 1.165) is 18.8 Å². The number of carbonyl (C=O) groups is 1. The number of hydrogen-bond acceptors (Lipinski definition) is 6. The van der Waals surface area contributed by atoms with Gasteiger partial charge < -0.3 is 14.5 Å². The van der Waals surface area contributed by atoms with E-state index in [1.54, 1.807) is 48.9 Å². The predicted molar refractivity (Wildman–Crippen MR) is 85.5 cm³/mol. The first-order valence-corrected chi connectivity index (χ1v) is 7.48. The molecule has 1 atom stereocenters. The average molecular weight is 313 g/mol. The van der Waals surface area contributed by atoms with E-state index in [-0.39, 0.29) is 11.9 Å². The van der Waals surface area contributed by atoms with Crippen LogP contribution in [0.3, 0.4) is 0 Å². The molecule has 2 aromatic rings. The fourth-order valence-electron chi connectivity index (χ4n) is 2.79. The molecule has 0 saturated carbocycles. The Labute approximate surface area is 134 Å². The molecule has 0 radical (unpaired) electrons. The molecule has 120 valence electrons. The van der Waals surface area contributed by atoms with Crippen molar-refractivity contribution < 1.29 is 9.53 Å². The molecule has 1 aliphatic heterocycles. The van der Waals surface area contributed by atoms with Gasteiger partial charge in [-0.15, -0.1) is 0 Å². The van der Waals surface area contributed by atoms with Gasteiger partial charge in [-0.25, -0.2) is 9.97 Å². The summed E-state index contributed by atoms with van der Waals surface area (Å²) in [5.41, 5.74) is 0.602. The minimum absolute atomic E-state index is 0.0175. The Bertz CT molecular complexity index is 679. The van der Waals surface area contributed by atoms with Crippen LogP contribution in [0.1, 0.15) is 16.8 Å². The molecular formula is C16H19N5O2. The van der Waals surface area contributed by atoms with Crippen molar-refractivity contribution in [3.8, 4) is 5.88 Å². The number of likely N-dealkylation sites (N-methyl/N-ethyl adjacent to an activating group) is 1. The lowest BCUT2D eigenvalue weighted by atomic mass is 10.2. The SMILES string of the molecule is COc1nccnc1N1CC[C@H](N(C)C(=O)c2cccnc2)C1. The molecule has 1 amide bonds. The van der Waals surface area contributed by atoms with Crippen molar-refractivity contribution in [1.29, 1.82) is 0 Å². The molecule has 0 unspecified atom stereocenters. The van der Waals surface area contributed by atoms with E-state index in [1.807, 2.05) is 7.05 Å². The van der Waals surface area contributed by atoms with Crippen LogP contribution >= 0.6 is 0 Å². The van der Waals surface area contributed by atoms with E-state index in [9.17, 15) is 4.79 Å². The summed E-state index contributed by atoms with van der Waals surface area (Å²) in [4.78, 5) is 28.9. The van der Waals surface area contributed by atoms with Crippen molar-refractivity contribution in [3.05, 3.63) is 42.5 Å². The zero-order valence-electron chi connectivity index (χ0n) is 13.2. The standard InChI is InChI=1S/C16H19N5O2/c1-20(16(22)12-4-3-6-17-10-12)13-5-9-21(11-13)14-15(23-2)19-8-7-18-14/h3-4,6-8,10,13H,5,9,11H2,1-2H3/t13-/m0/s1. The number of nitrogens with zero attached hydrogens (tertiary/aromatic N) is 5. The first-order valence-electron chi connectivity index (χ1n) is 7.48. The quantitative estimate of drug-likeness (QED) is 0.845. The topological polar surface area (TPSA) is 71.5 Å². The Morgan fingerprint density at radius 1 is 1.35 bits per heavy atom. The molecule has 7 heteroatoms. The highest BCUT2D eigenvalue weighted by Gasteiger charge is 2.31. The summed E-state index contributed by atoms with van der Waals surface area (Å²) in [5.74, 6) is 1.21. The maximum absolute atomic E-state index is 12.5. The Hall–Kier alpha value is -2.70. The summed E-state index contributed by atoms with van der Waals surface area (Å²) in [5, 5.41) is 0. The third kappa shape index (κ3) is 3.08. The van der Waals surface area contributed by atoms with Crippen LogP contribution in [0.5, 0.6) is 5.88 Å². The van der Waals surface area contributed by atoms with Gasteiger partial charge in [0.25, 0.3) is 11.8 Å². The van der Waals surface area contributed by atoms with Gasteiger partial charge in [0, 0.05) is 44.9 Å². The highest BCUT2D eigenvalue weighted by Crippen LogP contribution is 2.27. The molecular weight excluding hydrogens is 294 g/mol.